The van der Waals surface area contributed by atoms with Crippen LogP contribution in [0.2, 0.25) is 0 Å². The van der Waals surface area contributed by atoms with E-state index >= 15 is 0 Å². The average molecular weight is 289 g/mol. The highest BCUT2D eigenvalue weighted by Gasteiger charge is 2.10. The Hall–Kier alpha value is -3.39. The largest absolute Gasteiger partial charge is 0.478 e. The Morgan fingerprint density at radius 1 is 1.18 bits per heavy atom. The van der Waals surface area contributed by atoms with Crippen LogP contribution in [0.5, 0.6) is 0 Å². The molecule has 0 bridgehead atoms. The maximum atomic E-state index is 10.9. The lowest BCUT2D eigenvalue weighted by atomic mass is 10.1. The van der Waals surface area contributed by atoms with E-state index < -0.39 is 5.97 Å². The van der Waals surface area contributed by atoms with Gasteiger partial charge < -0.3 is 9.67 Å². The minimum Gasteiger partial charge on any atom is -0.478 e. The van der Waals surface area contributed by atoms with Gasteiger partial charge in [-0.2, -0.15) is 5.26 Å². The van der Waals surface area contributed by atoms with Crippen LogP contribution in [0.25, 0.3) is 16.8 Å². The molecule has 2 aromatic heterocycles. The minimum atomic E-state index is -0.965. The van der Waals surface area contributed by atoms with Crippen LogP contribution >= 0.6 is 0 Å². The van der Waals surface area contributed by atoms with Crippen molar-refractivity contribution in [2.24, 2.45) is 0 Å². The number of carbonyl (C=O) groups is 1. The summed E-state index contributed by atoms with van der Waals surface area (Å²) in [5, 5.41) is 18.2. The molecular weight excluding hydrogens is 278 g/mol. The van der Waals surface area contributed by atoms with Crippen molar-refractivity contribution in [3.63, 3.8) is 0 Å². The topological polar surface area (TPSA) is 78.9 Å². The fraction of sp³-hybridized carbons (Fsp3) is 0. The van der Waals surface area contributed by atoms with E-state index in [1.165, 1.54) is 12.1 Å². The Labute approximate surface area is 126 Å². The summed E-state index contributed by atoms with van der Waals surface area (Å²) in [6.45, 7) is 0. The standard InChI is InChI=1S/C17H11N3O2/c18-8-14-10-20(11-16(14)13-2-1-7-19-9-13)15-5-3-12(4-6-15)17(21)22/h1-7,9-11H,(H,21,22). The van der Waals surface area contributed by atoms with Crippen molar-refractivity contribution in [3.05, 3.63) is 72.3 Å². The first-order valence-electron chi connectivity index (χ1n) is 6.55. The first-order chi connectivity index (χ1) is 10.7. The predicted octanol–water partition coefficient (Wildman–Crippen LogP) is 3.11. The van der Waals surface area contributed by atoms with E-state index in [4.69, 9.17) is 5.11 Å². The molecule has 0 aliphatic carbocycles. The molecular formula is C17H11N3O2. The van der Waals surface area contributed by atoms with Gasteiger partial charge in [0.15, 0.2) is 0 Å². The van der Waals surface area contributed by atoms with E-state index in [0.29, 0.717) is 5.56 Å². The summed E-state index contributed by atoms with van der Waals surface area (Å²) in [5.41, 5.74) is 3.20. The van der Waals surface area contributed by atoms with Crippen molar-refractivity contribution in [3.8, 4) is 22.9 Å². The Bertz CT molecular complexity index is 859. The second kappa shape index (κ2) is 5.54. The van der Waals surface area contributed by atoms with Gasteiger partial charge in [-0.15, -0.1) is 0 Å². The first-order valence-corrected chi connectivity index (χ1v) is 6.55. The summed E-state index contributed by atoms with van der Waals surface area (Å²) in [6, 6.07) is 12.4. The second-order valence-corrected chi connectivity index (χ2v) is 4.70. The number of hydrogen-bond donors (Lipinski definition) is 1. The van der Waals surface area contributed by atoms with E-state index in [0.717, 1.165) is 16.8 Å². The first kappa shape index (κ1) is 13.6. The molecule has 5 heteroatoms. The molecule has 0 atom stereocenters. The summed E-state index contributed by atoms with van der Waals surface area (Å²) in [4.78, 5) is 14.9. The summed E-state index contributed by atoms with van der Waals surface area (Å²) >= 11 is 0. The fourth-order valence-electron chi connectivity index (χ4n) is 2.22. The van der Waals surface area contributed by atoms with Gasteiger partial charge >= 0.3 is 5.97 Å². The van der Waals surface area contributed by atoms with Gasteiger partial charge in [0, 0.05) is 41.6 Å². The average Bonchev–Trinajstić information content (AvgIpc) is 3.00. The molecule has 2 heterocycles. The second-order valence-electron chi connectivity index (χ2n) is 4.70. The minimum absolute atomic E-state index is 0.226. The Morgan fingerprint density at radius 3 is 2.55 bits per heavy atom. The van der Waals surface area contributed by atoms with Gasteiger partial charge in [0.25, 0.3) is 0 Å². The molecule has 0 aliphatic heterocycles. The molecule has 0 radical (unpaired) electrons. The molecule has 1 aromatic carbocycles. The van der Waals surface area contributed by atoms with Crippen molar-refractivity contribution in [1.29, 1.82) is 5.26 Å². The van der Waals surface area contributed by atoms with E-state index in [2.05, 4.69) is 11.1 Å². The SMILES string of the molecule is N#Cc1cn(-c2ccc(C(=O)O)cc2)cc1-c1cccnc1. The lowest BCUT2D eigenvalue weighted by Gasteiger charge is -2.03. The molecule has 5 nitrogen and oxygen atoms in total. The van der Waals surface area contributed by atoms with Crippen molar-refractivity contribution in [2.75, 3.05) is 0 Å². The van der Waals surface area contributed by atoms with Gasteiger partial charge in [-0.25, -0.2) is 4.79 Å². The van der Waals surface area contributed by atoms with Crippen LogP contribution in [-0.2, 0) is 0 Å². The van der Waals surface area contributed by atoms with Crippen LogP contribution in [0, 0.1) is 11.3 Å². The molecule has 0 saturated carbocycles. The Balaban J connectivity index is 2.04. The number of nitriles is 1. The third-order valence-corrected chi connectivity index (χ3v) is 3.33. The van der Waals surface area contributed by atoms with E-state index in [1.807, 2.05) is 18.3 Å². The zero-order chi connectivity index (χ0) is 15.5. The van der Waals surface area contributed by atoms with E-state index in [-0.39, 0.29) is 5.56 Å². The van der Waals surface area contributed by atoms with Crippen molar-refractivity contribution >= 4 is 5.97 Å². The molecule has 0 unspecified atom stereocenters. The number of rotatable bonds is 3. The van der Waals surface area contributed by atoms with E-state index in [1.54, 1.807) is 35.3 Å². The van der Waals surface area contributed by atoms with Gasteiger partial charge in [-0.05, 0) is 30.3 Å². The smallest absolute Gasteiger partial charge is 0.335 e. The molecule has 22 heavy (non-hydrogen) atoms. The molecule has 0 fully saturated rings. The number of nitrogens with zero attached hydrogens (tertiary/aromatic N) is 3. The molecule has 0 saturated heterocycles. The van der Waals surface area contributed by atoms with Crippen LogP contribution in [0.4, 0.5) is 0 Å². The van der Waals surface area contributed by atoms with Crippen LogP contribution in [0.3, 0.4) is 0 Å². The lowest BCUT2D eigenvalue weighted by Crippen LogP contribution is -1.97. The van der Waals surface area contributed by atoms with Crippen molar-refractivity contribution in [2.45, 2.75) is 0 Å². The summed E-state index contributed by atoms with van der Waals surface area (Å²) < 4.78 is 1.80. The highest BCUT2D eigenvalue weighted by molar-refractivity contribution is 5.87. The number of aromatic nitrogens is 2. The maximum Gasteiger partial charge on any atom is 0.335 e. The number of carboxylic acids is 1. The number of hydrogen-bond acceptors (Lipinski definition) is 3. The molecule has 0 spiro atoms. The number of benzene rings is 1. The molecule has 1 N–H and O–H groups in total. The third kappa shape index (κ3) is 2.45. The molecule has 3 aromatic rings. The lowest BCUT2D eigenvalue weighted by molar-refractivity contribution is 0.0697. The van der Waals surface area contributed by atoms with Gasteiger partial charge in [0.05, 0.1) is 11.1 Å². The van der Waals surface area contributed by atoms with Crippen LogP contribution in [-0.4, -0.2) is 20.6 Å². The number of pyridine rings is 1. The molecule has 3 rings (SSSR count). The number of carboxylic acid groups (broad SMARTS) is 1. The summed E-state index contributed by atoms with van der Waals surface area (Å²) in [6.07, 6.45) is 6.94. The van der Waals surface area contributed by atoms with Crippen LogP contribution in [0.1, 0.15) is 15.9 Å². The van der Waals surface area contributed by atoms with Gasteiger partial charge in [-0.3, -0.25) is 4.98 Å². The van der Waals surface area contributed by atoms with Crippen molar-refractivity contribution in [1.82, 2.24) is 9.55 Å². The monoisotopic (exact) mass is 289 g/mol. The zero-order valence-electron chi connectivity index (χ0n) is 11.5. The van der Waals surface area contributed by atoms with Crippen molar-refractivity contribution < 1.29 is 9.90 Å². The van der Waals surface area contributed by atoms with Gasteiger partial charge in [-0.1, -0.05) is 6.07 Å². The highest BCUT2D eigenvalue weighted by atomic mass is 16.4. The molecule has 106 valence electrons. The Morgan fingerprint density at radius 2 is 1.95 bits per heavy atom. The zero-order valence-corrected chi connectivity index (χ0v) is 11.5. The summed E-state index contributed by atoms with van der Waals surface area (Å²) in [5.74, 6) is -0.965. The summed E-state index contributed by atoms with van der Waals surface area (Å²) in [7, 11) is 0. The molecule has 0 amide bonds. The number of aromatic carboxylic acids is 1. The van der Waals surface area contributed by atoms with Crippen LogP contribution < -0.4 is 0 Å². The third-order valence-electron chi connectivity index (χ3n) is 3.33. The Kier molecular flexibility index (Phi) is 3.42. The maximum absolute atomic E-state index is 10.9. The normalized spacial score (nSPS) is 10.1. The van der Waals surface area contributed by atoms with Gasteiger partial charge in [0.2, 0.25) is 0 Å². The van der Waals surface area contributed by atoms with Gasteiger partial charge in [0.1, 0.15) is 6.07 Å². The highest BCUT2D eigenvalue weighted by Crippen LogP contribution is 2.25. The van der Waals surface area contributed by atoms with Crippen LogP contribution in [0.15, 0.2) is 61.2 Å². The molecule has 0 aliphatic rings. The van der Waals surface area contributed by atoms with E-state index in [9.17, 15) is 10.1 Å². The predicted molar refractivity (Wildman–Crippen MR) is 80.7 cm³/mol. The fourth-order valence-corrected chi connectivity index (χ4v) is 2.22. The quantitative estimate of drug-likeness (QED) is 0.803.